The fourth-order valence-corrected chi connectivity index (χ4v) is 3.01. The Balaban J connectivity index is 1.92. The van der Waals surface area contributed by atoms with Crippen molar-refractivity contribution in [2.75, 3.05) is 18.5 Å². The molecule has 6 heteroatoms. The molecule has 20 heavy (non-hydrogen) atoms. The van der Waals surface area contributed by atoms with Gasteiger partial charge in [0.2, 0.25) is 0 Å². The molecule has 108 valence electrons. The Morgan fingerprint density at radius 3 is 3.10 bits per heavy atom. The molecule has 0 amide bonds. The Kier molecular flexibility index (Phi) is 3.94. The summed E-state index contributed by atoms with van der Waals surface area (Å²) in [5.41, 5.74) is 3.02. The molecule has 0 aromatic carbocycles. The van der Waals surface area contributed by atoms with E-state index in [1.807, 2.05) is 16.9 Å². The molecule has 1 atom stereocenters. The van der Waals surface area contributed by atoms with Gasteiger partial charge in [-0.3, -0.25) is 4.68 Å². The Hall–Kier alpha value is -1.14. The number of nitrogens with one attached hydrogen (secondary N) is 1. The summed E-state index contributed by atoms with van der Waals surface area (Å²) in [5.74, 6) is 0. The Labute approximate surface area is 126 Å². The molecule has 0 bridgehead atoms. The molecule has 0 spiro atoms. The van der Waals surface area contributed by atoms with Gasteiger partial charge in [0.25, 0.3) is 0 Å². The van der Waals surface area contributed by atoms with Crippen molar-refractivity contribution in [3.63, 3.8) is 0 Å². The molecule has 1 unspecified atom stereocenters. The fourth-order valence-electron chi connectivity index (χ4n) is 2.59. The van der Waals surface area contributed by atoms with Crippen LogP contribution < -0.4 is 5.32 Å². The van der Waals surface area contributed by atoms with Gasteiger partial charge in [0.05, 0.1) is 18.0 Å². The van der Waals surface area contributed by atoms with Crippen molar-refractivity contribution in [2.45, 2.75) is 38.8 Å². The zero-order chi connectivity index (χ0) is 14.1. The summed E-state index contributed by atoms with van der Waals surface area (Å²) in [6.07, 6.45) is 4.42. The lowest BCUT2D eigenvalue weighted by atomic mass is 10.2. The number of ether oxygens (including phenoxy) is 1. The maximum atomic E-state index is 5.66. The summed E-state index contributed by atoms with van der Waals surface area (Å²) in [4.78, 5) is 4.48. The van der Waals surface area contributed by atoms with E-state index in [2.05, 4.69) is 45.2 Å². The zero-order valence-corrected chi connectivity index (χ0v) is 13.4. The summed E-state index contributed by atoms with van der Waals surface area (Å²) >= 11 is 3.46. The van der Waals surface area contributed by atoms with Crippen LogP contribution in [0.4, 0.5) is 5.69 Å². The average molecular weight is 339 g/mol. The lowest BCUT2D eigenvalue weighted by molar-refractivity contribution is 0.120. The third-order valence-corrected chi connectivity index (χ3v) is 3.96. The van der Waals surface area contributed by atoms with Crippen molar-refractivity contribution in [1.82, 2.24) is 14.8 Å². The highest BCUT2D eigenvalue weighted by Gasteiger charge is 2.17. The second-order valence-corrected chi connectivity index (χ2v) is 6.24. The van der Waals surface area contributed by atoms with E-state index in [4.69, 9.17) is 4.74 Å². The lowest BCUT2D eigenvalue weighted by Gasteiger charge is -2.15. The second kappa shape index (κ2) is 5.69. The van der Waals surface area contributed by atoms with E-state index in [-0.39, 0.29) is 0 Å². The van der Waals surface area contributed by atoms with Gasteiger partial charge >= 0.3 is 0 Å². The molecule has 1 saturated heterocycles. The molecule has 2 aromatic heterocycles. The summed E-state index contributed by atoms with van der Waals surface area (Å²) in [6.45, 7) is 5.96. The zero-order valence-electron chi connectivity index (χ0n) is 11.8. The van der Waals surface area contributed by atoms with E-state index in [0.717, 1.165) is 47.3 Å². The summed E-state index contributed by atoms with van der Waals surface area (Å²) < 4.78 is 8.49. The average Bonchev–Trinajstić information content (AvgIpc) is 3.04. The van der Waals surface area contributed by atoms with E-state index in [1.54, 1.807) is 0 Å². The first-order valence-corrected chi connectivity index (χ1v) is 7.83. The van der Waals surface area contributed by atoms with Gasteiger partial charge < -0.3 is 10.1 Å². The SMILES string of the molecule is CC(C)n1ncc2nc(Br)cc(NCC3CCCO3)c21. The molecule has 0 saturated carbocycles. The number of aromatic nitrogens is 3. The van der Waals surface area contributed by atoms with Crippen LogP contribution in [0, 0.1) is 0 Å². The normalized spacial score (nSPS) is 19.1. The highest BCUT2D eigenvalue weighted by Crippen LogP contribution is 2.28. The van der Waals surface area contributed by atoms with Gasteiger partial charge in [0, 0.05) is 19.2 Å². The first kappa shape index (κ1) is 13.8. The van der Waals surface area contributed by atoms with Crippen LogP contribution in [0.1, 0.15) is 32.7 Å². The molecule has 0 radical (unpaired) electrons. The molecule has 5 nitrogen and oxygen atoms in total. The van der Waals surface area contributed by atoms with E-state index in [1.165, 1.54) is 0 Å². The van der Waals surface area contributed by atoms with Crippen LogP contribution in [0.15, 0.2) is 16.9 Å². The Morgan fingerprint density at radius 1 is 1.55 bits per heavy atom. The maximum absolute atomic E-state index is 5.66. The number of halogens is 1. The van der Waals surface area contributed by atoms with Gasteiger partial charge in [0.15, 0.2) is 0 Å². The predicted molar refractivity (Wildman–Crippen MR) is 83.1 cm³/mol. The highest BCUT2D eigenvalue weighted by molar-refractivity contribution is 9.10. The largest absolute Gasteiger partial charge is 0.381 e. The topological polar surface area (TPSA) is 52.0 Å². The standard InChI is InChI=1S/C14H19BrN4O/c1-9(2)19-14-11(16-7-10-4-3-5-20-10)6-13(15)18-12(14)8-17-19/h6,8-10H,3-5,7H2,1-2H3,(H,16,18). The fraction of sp³-hybridized carbons (Fsp3) is 0.571. The molecular formula is C14H19BrN4O. The van der Waals surface area contributed by atoms with E-state index in [9.17, 15) is 0 Å². The van der Waals surface area contributed by atoms with Crippen molar-refractivity contribution >= 4 is 32.7 Å². The molecule has 1 aliphatic heterocycles. The molecule has 1 N–H and O–H groups in total. The third-order valence-electron chi connectivity index (χ3n) is 3.56. The van der Waals surface area contributed by atoms with E-state index < -0.39 is 0 Å². The van der Waals surface area contributed by atoms with Gasteiger partial charge in [-0.05, 0) is 48.7 Å². The molecule has 1 aliphatic rings. The van der Waals surface area contributed by atoms with Crippen molar-refractivity contribution in [3.05, 3.63) is 16.9 Å². The van der Waals surface area contributed by atoms with Crippen LogP contribution in [0.2, 0.25) is 0 Å². The number of pyridine rings is 1. The van der Waals surface area contributed by atoms with Gasteiger partial charge in [0.1, 0.15) is 15.6 Å². The van der Waals surface area contributed by atoms with Crippen molar-refractivity contribution in [3.8, 4) is 0 Å². The summed E-state index contributed by atoms with van der Waals surface area (Å²) in [7, 11) is 0. The molecular weight excluding hydrogens is 320 g/mol. The maximum Gasteiger partial charge on any atom is 0.112 e. The Morgan fingerprint density at radius 2 is 2.40 bits per heavy atom. The predicted octanol–water partition coefficient (Wildman–Crippen LogP) is 3.37. The molecule has 1 fully saturated rings. The van der Waals surface area contributed by atoms with Gasteiger partial charge in [-0.25, -0.2) is 4.98 Å². The first-order chi connectivity index (χ1) is 9.65. The molecule has 2 aromatic rings. The number of anilines is 1. The highest BCUT2D eigenvalue weighted by atomic mass is 79.9. The quantitative estimate of drug-likeness (QED) is 0.868. The molecule has 3 heterocycles. The van der Waals surface area contributed by atoms with Gasteiger partial charge in [-0.1, -0.05) is 0 Å². The van der Waals surface area contributed by atoms with Crippen molar-refractivity contribution < 1.29 is 4.74 Å². The van der Waals surface area contributed by atoms with E-state index in [0.29, 0.717) is 12.1 Å². The number of hydrogen-bond donors (Lipinski definition) is 1. The summed E-state index contributed by atoms with van der Waals surface area (Å²) in [5, 5.41) is 7.93. The van der Waals surface area contributed by atoms with Crippen molar-refractivity contribution in [1.29, 1.82) is 0 Å². The minimum Gasteiger partial charge on any atom is -0.381 e. The summed E-state index contributed by atoms with van der Waals surface area (Å²) in [6, 6.07) is 2.32. The smallest absolute Gasteiger partial charge is 0.112 e. The van der Waals surface area contributed by atoms with Crippen LogP contribution in [0.25, 0.3) is 11.0 Å². The second-order valence-electron chi connectivity index (χ2n) is 5.43. The number of hydrogen-bond acceptors (Lipinski definition) is 4. The van der Waals surface area contributed by atoms with Crippen LogP contribution in [-0.4, -0.2) is 34.0 Å². The van der Waals surface area contributed by atoms with Crippen LogP contribution >= 0.6 is 15.9 Å². The van der Waals surface area contributed by atoms with E-state index >= 15 is 0 Å². The monoisotopic (exact) mass is 338 g/mol. The minimum absolute atomic E-state index is 0.304. The number of nitrogens with zero attached hydrogens (tertiary/aromatic N) is 3. The molecule has 0 aliphatic carbocycles. The van der Waals surface area contributed by atoms with Crippen LogP contribution in [-0.2, 0) is 4.74 Å². The third kappa shape index (κ3) is 2.67. The van der Waals surface area contributed by atoms with Crippen molar-refractivity contribution in [2.24, 2.45) is 0 Å². The number of rotatable bonds is 4. The van der Waals surface area contributed by atoms with Gasteiger partial charge in [-0.15, -0.1) is 0 Å². The lowest BCUT2D eigenvalue weighted by Crippen LogP contribution is -2.19. The first-order valence-electron chi connectivity index (χ1n) is 7.04. The van der Waals surface area contributed by atoms with Crippen LogP contribution in [0.3, 0.4) is 0 Å². The minimum atomic E-state index is 0.304. The molecule has 3 rings (SSSR count). The van der Waals surface area contributed by atoms with Gasteiger partial charge in [-0.2, -0.15) is 5.10 Å². The van der Waals surface area contributed by atoms with Crippen LogP contribution in [0.5, 0.6) is 0 Å². The Bertz CT molecular complexity index is 604. The number of fused-ring (bicyclic) bond motifs is 1.